The lowest BCUT2D eigenvalue weighted by Crippen LogP contribution is -2.11. The van der Waals surface area contributed by atoms with Gasteiger partial charge in [-0.3, -0.25) is 4.99 Å². The Morgan fingerprint density at radius 2 is 1.79 bits per heavy atom. The van der Waals surface area contributed by atoms with Gasteiger partial charge >= 0.3 is 10.1 Å². The summed E-state index contributed by atoms with van der Waals surface area (Å²) in [5.74, 6) is 0.315. The summed E-state index contributed by atoms with van der Waals surface area (Å²) in [6.07, 6.45) is 1.64. The number of aliphatic imine (C=N–C) groups is 1. The van der Waals surface area contributed by atoms with E-state index in [1.165, 1.54) is 19.2 Å². The second kappa shape index (κ2) is 8.98. The molecule has 0 fully saturated rings. The fraction of sp³-hybridized carbons (Fsp3) is 0.0952. The quantitative estimate of drug-likeness (QED) is 0.314. The van der Waals surface area contributed by atoms with Crippen LogP contribution in [0.25, 0.3) is 0 Å². The van der Waals surface area contributed by atoms with Crippen LogP contribution in [0, 0.1) is 6.92 Å². The molecule has 3 aromatic carbocycles. The minimum atomic E-state index is -4.01. The standard InChI is InChI=1S/C21H17BrClNO4S/c1-14-8-9-16(23)12-19(14)24-13-15-10-18(22)21(20(11-15)27-2)28-29(25,26)17-6-4-3-5-7-17/h3-13H,1-2H3. The summed E-state index contributed by atoms with van der Waals surface area (Å²) in [6, 6.07) is 16.7. The highest BCUT2D eigenvalue weighted by atomic mass is 79.9. The summed E-state index contributed by atoms with van der Waals surface area (Å²) in [6.45, 7) is 1.94. The molecule has 3 rings (SSSR count). The van der Waals surface area contributed by atoms with Crippen LogP contribution < -0.4 is 8.92 Å². The molecule has 0 atom stereocenters. The first-order valence-corrected chi connectivity index (χ1v) is 11.1. The van der Waals surface area contributed by atoms with Crippen molar-refractivity contribution >= 4 is 49.6 Å². The van der Waals surface area contributed by atoms with Crippen LogP contribution in [-0.2, 0) is 10.1 Å². The molecular formula is C21H17BrClNO4S. The third-order valence-corrected chi connectivity index (χ3v) is 6.06. The van der Waals surface area contributed by atoms with Crippen molar-refractivity contribution in [1.82, 2.24) is 0 Å². The molecule has 0 N–H and O–H groups in total. The molecule has 0 saturated carbocycles. The van der Waals surface area contributed by atoms with Crippen LogP contribution in [0.2, 0.25) is 5.02 Å². The van der Waals surface area contributed by atoms with Crippen molar-refractivity contribution in [3.05, 3.63) is 81.3 Å². The predicted octanol–water partition coefficient (Wildman–Crippen LogP) is 5.94. The average Bonchev–Trinajstić information content (AvgIpc) is 2.71. The Morgan fingerprint density at radius 3 is 2.48 bits per heavy atom. The second-order valence-corrected chi connectivity index (χ2v) is 8.91. The van der Waals surface area contributed by atoms with E-state index in [-0.39, 0.29) is 16.4 Å². The molecule has 150 valence electrons. The summed E-state index contributed by atoms with van der Waals surface area (Å²) in [5, 5.41) is 0.594. The van der Waals surface area contributed by atoms with Crippen molar-refractivity contribution in [2.45, 2.75) is 11.8 Å². The number of benzene rings is 3. The van der Waals surface area contributed by atoms with E-state index in [9.17, 15) is 8.42 Å². The van der Waals surface area contributed by atoms with Crippen LogP contribution in [0.4, 0.5) is 5.69 Å². The topological polar surface area (TPSA) is 65.0 Å². The van der Waals surface area contributed by atoms with Gasteiger partial charge in [-0.2, -0.15) is 8.42 Å². The fourth-order valence-electron chi connectivity index (χ4n) is 2.51. The van der Waals surface area contributed by atoms with Gasteiger partial charge in [-0.1, -0.05) is 35.9 Å². The molecule has 0 aliphatic heterocycles. The fourth-order valence-corrected chi connectivity index (χ4v) is 4.30. The Hall–Kier alpha value is -2.35. The molecule has 29 heavy (non-hydrogen) atoms. The van der Waals surface area contributed by atoms with Crippen molar-refractivity contribution in [1.29, 1.82) is 0 Å². The molecule has 0 saturated heterocycles. The largest absolute Gasteiger partial charge is 0.493 e. The zero-order chi connectivity index (χ0) is 21.0. The highest BCUT2D eigenvalue weighted by Gasteiger charge is 2.21. The SMILES string of the molecule is COc1cc(C=Nc2cc(Cl)ccc2C)cc(Br)c1OS(=O)(=O)c1ccccc1. The smallest absolute Gasteiger partial charge is 0.339 e. The minimum absolute atomic E-state index is 0.0519. The Morgan fingerprint density at radius 1 is 1.07 bits per heavy atom. The molecule has 3 aromatic rings. The van der Waals surface area contributed by atoms with Gasteiger partial charge in [0.15, 0.2) is 11.5 Å². The maximum Gasteiger partial charge on any atom is 0.339 e. The number of hydrogen-bond acceptors (Lipinski definition) is 5. The predicted molar refractivity (Wildman–Crippen MR) is 118 cm³/mol. The lowest BCUT2D eigenvalue weighted by Gasteiger charge is -2.13. The molecule has 8 heteroatoms. The molecule has 0 radical (unpaired) electrons. The van der Waals surface area contributed by atoms with Gasteiger partial charge in [-0.15, -0.1) is 0 Å². The highest BCUT2D eigenvalue weighted by molar-refractivity contribution is 9.10. The third kappa shape index (κ3) is 5.18. The maximum absolute atomic E-state index is 12.5. The summed E-state index contributed by atoms with van der Waals surface area (Å²) in [7, 11) is -2.57. The number of ether oxygens (including phenoxy) is 1. The van der Waals surface area contributed by atoms with Crippen LogP contribution in [0.3, 0.4) is 0 Å². The van der Waals surface area contributed by atoms with E-state index < -0.39 is 10.1 Å². The Bertz CT molecular complexity index is 1160. The summed E-state index contributed by atoms with van der Waals surface area (Å²) >= 11 is 9.39. The van der Waals surface area contributed by atoms with Gasteiger partial charge < -0.3 is 8.92 Å². The van der Waals surface area contributed by atoms with E-state index in [4.69, 9.17) is 20.5 Å². The van der Waals surface area contributed by atoms with E-state index in [0.717, 1.165) is 11.3 Å². The van der Waals surface area contributed by atoms with Crippen molar-refractivity contribution < 1.29 is 17.3 Å². The van der Waals surface area contributed by atoms with Crippen LogP contribution in [0.5, 0.6) is 11.5 Å². The summed E-state index contributed by atoms with van der Waals surface area (Å²) in [5.41, 5.74) is 2.41. The minimum Gasteiger partial charge on any atom is -0.493 e. The summed E-state index contributed by atoms with van der Waals surface area (Å²) < 4.78 is 36.2. The number of rotatable bonds is 6. The van der Waals surface area contributed by atoms with Gasteiger partial charge in [-0.25, -0.2) is 0 Å². The Kier molecular flexibility index (Phi) is 6.62. The van der Waals surface area contributed by atoms with Crippen molar-refractivity contribution in [2.24, 2.45) is 4.99 Å². The molecule has 0 amide bonds. The summed E-state index contributed by atoms with van der Waals surface area (Å²) in [4.78, 5) is 4.51. The molecule has 0 aliphatic carbocycles. The number of nitrogens with zero attached hydrogens (tertiary/aromatic N) is 1. The van der Waals surface area contributed by atoms with Crippen LogP contribution in [-0.4, -0.2) is 21.7 Å². The molecule has 0 spiro atoms. The molecule has 0 heterocycles. The number of halogens is 2. The maximum atomic E-state index is 12.5. The van der Waals surface area contributed by atoms with Crippen molar-refractivity contribution in [2.75, 3.05) is 7.11 Å². The lowest BCUT2D eigenvalue weighted by molar-refractivity contribution is 0.389. The van der Waals surface area contributed by atoms with Gasteiger partial charge in [0.1, 0.15) is 4.90 Å². The van der Waals surface area contributed by atoms with E-state index in [1.807, 2.05) is 13.0 Å². The van der Waals surface area contributed by atoms with Crippen LogP contribution in [0.15, 0.2) is 75.0 Å². The number of aryl methyl sites for hydroxylation is 1. The van der Waals surface area contributed by atoms with Gasteiger partial charge in [0.05, 0.1) is 17.3 Å². The van der Waals surface area contributed by atoms with Crippen LogP contribution in [0.1, 0.15) is 11.1 Å². The van der Waals surface area contributed by atoms with Crippen LogP contribution >= 0.6 is 27.5 Å². The Balaban J connectivity index is 1.94. The van der Waals surface area contributed by atoms with E-state index in [2.05, 4.69) is 20.9 Å². The molecular weight excluding hydrogens is 478 g/mol. The van der Waals surface area contributed by atoms with E-state index in [0.29, 0.717) is 15.1 Å². The highest BCUT2D eigenvalue weighted by Crippen LogP contribution is 2.38. The van der Waals surface area contributed by atoms with Crippen molar-refractivity contribution in [3.63, 3.8) is 0 Å². The average molecular weight is 495 g/mol. The van der Waals surface area contributed by atoms with Gasteiger partial charge in [0.25, 0.3) is 0 Å². The number of hydrogen-bond donors (Lipinski definition) is 0. The lowest BCUT2D eigenvalue weighted by atomic mass is 10.2. The van der Waals surface area contributed by atoms with E-state index >= 15 is 0 Å². The molecule has 0 aliphatic rings. The third-order valence-electron chi connectivity index (χ3n) is 4.00. The van der Waals surface area contributed by atoms with Gasteiger partial charge in [-0.05, 0) is 70.4 Å². The number of methoxy groups -OCH3 is 1. The normalized spacial score (nSPS) is 11.6. The zero-order valence-corrected chi connectivity index (χ0v) is 18.8. The van der Waals surface area contributed by atoms with Gasteiger partial charge in [0, 0.05) is 11.2 Å². The Labute approximate surface area is 183 Å². The molecule has 5 nitrogen and oxygen atoms in total. The molecule has 0 unspecified atom stereocenters. The molecule has 0 aromatic heterocycles. The molecule has 0 bridgehead atoms. The van der Waals surface area contributed by atoms with E-state index in [1.54, 1.807) is 48.7 Å². The first-order chi connectivity index (χ1) is 13.8. The van der Waals surface area contributed by atoms with Gasteiger partial charge in [0.2, 0.25) is 0 Å². The zero-order valence-electron chi connectivity index (χ0n) is 15.6. The monoisotopic (exact) mass is 493 g/mol. The van der Waals surface area contributed by atoms with Crippen molar-refractivity contribution in [3.8, 4) is 11.5 Å². The second-order valence-electron chi connectivity index (χ2n) is 6.07. The first kappa shape index (κ1) is 21.4. The first-order valence-electron chi connectivity index (χ1n) is 8.47.